The molecule has 5 heteroatoms. The number of hydrogen-bond acceptors (Lipinski definition) is 4. The number of thiazole rings is 1. The Balaban J connectivity index is 1.88. The molecule has 1 aliphatic rings. The first-order chi connectivity index (χ1) is 9.74. The maximum absolute atomic E-state index is 5.94. The minimum Gasteiger partial charge on any atom is -0.383 e. The van der Waals surface area contributed by atoms with E-state index >= 15 is 0 Å². The molecule has 4 rings (SSSR count). The lowest BCUT2D eigenvalue weighted by atomic mass is 10.1. The lowest BCUT2D eigenvalue weighted by molar-refractivity contribution is 1.29. The Bertz CT molecular complexity index is 826. The summed E-state index contributed by atoms with van der Waals surface area (Å²) in [6.07, 6.45) is 2.64. The predicted molar refractivity (Wildman–Crippen MR) is 85.7 cm³/mol. The zero-order valence-corrected chi connectivity index (χ0v) is 12.8. The van der Waals surface area contributed by atoms with Gasteiger partial charge in [0.2, 0.25) is 0 Å². The number of halogens is 1. The lowest BCUT2D eigenvalue weighted by Gasteiger charge is -2.03. The molecule has 3 nitrogen and oxygen atoms in total. The Hall–Kier alpha value is -1.72. The van der Waals surface area contributed by atoms with E-state index in [1.165, 1.54) is 16.0 Å². The summed E-state index contributed by atoms with van der Waals surface area (Å²) in [6.45, 7) is 0. The fourth-order valence-corrected chi connectivity index (χ4v) is 4.14. The molecule has 98 valence electrons. The molecule has 0 unspecified atom stereocenters. The van der Waals surface area contributed by atoms with Gasteiger partial charge in [-0.15, -0.1) is 11.3 Å². The van der Waals surface area contributed by atoms with Crippen LogP contribution in [0.4, 0.5) is 5.82 Å². The quantitative estimate of drug-likeness (QED) is 0.565. The van der Waals surface area contributed by atoms with Crippen LogP contribution in [0.25, 0.3) is 21.8 Å². The molecule has 2 heterocycles. The van der Waals surface area contributed by atoms with Crippen LogP contribution in [0.15, 0.2) is 41.0 Å². The number of benzene rings is 1. The SMILES string of the molecule is Nc1ncccc1-c1nc2c(s1)Cc1c(Br)cccc1-2. The van der Waals surface area contributed by atoms with E-state index in [9.17, 15) is 0 Å². The summed E-state index contributed by atoms with van der Waals surface area (Å²) in [5, 5.41) is 0.950. The van der Waals surface area contributed by atoms with Gasteiger partial charge in [-0.05, 0) is 23.8 Å². The largest absolute Gasteiger partial charge is 0.383 e. The van der Waals surface area contributed by atoms with Crippen LogP contribution in [-0.2, 0) is 6.42 Å². The van der Waals surface area contributed by atoms with Crippen LogP contribution in [0.5, 0.6) is 0 Å². The number of nitrogens with zero attached hydrogens (tertiary/aromatic N) is 2. The molecule has 0 amide bonds. The minimum atomic E-state index is 0.536. The standard InChI is InChI=1S/C15H10BrN3S/c16-11-5-1-3-8-10(11)7-12-13(8)19-15(20-12)9-4-2-6-18-14(9)17/h1-6H,7H2,(H2,17,18). The zero-order valence-electron chi connectivity index (χ0n) is 10.4. The topological polar surface area (TPSA) is 51.8 Å². The third-order valence-electron chi connectivity index (χ3n) is 3.48. The van der Waals surface area contributed by atoms with Crippen LogP contribution in [-0.4, -0.2) is 9.97 Å². The van der Waals surface area contributed by atoms with Crippen LogP contribution in [0, 0.1) is 0 Å². The molecule has 2 N–H and O–H groups in total. The molecule has 1 aliphatic carbocycles. The molecular weight excluding hydrogens is 334 g/mol. The molecule has 0 saturated carbocycles. The number of aromatic nitrogens is 2. The number of anilines is 1. The van der Waals surface area contributed by atoms with Gasteiger partial charge in [0.1, 0.15) is 10.8 Å². The van der Waals surface area contributed by atoms with E-state index in [4.69, 9.17) is 10.7 Å². The summed E-state index contributed by atoms with van der Waals surface area (Å²) in [5.41, 5.74) is 10.5. The molecule has 0 bridgehead atoms. The van der Waals surface area contributed by atoms with Gasteiger partial charge < -0.3 is 5.73 Å². The van der Waals surface area contributed by atoms with E-state index in [0.29, 0.717) is 5.82 Å². The zero-order chi connectivity index (χ0) is 13.7. The molecule has 0 saturated heterocycles. The molecule has 0 aliphatic heterocycles. The first-order valence-corrected chi connectivity index (χ1v) is 7.83. The molecule has 0 atom stereocenters. The fourth-order valence-electron chi connectivity index (χ4n) is 2.52. The third kappa shape index (κ3) is 1.70. The van der Waals surface area contributed by atoms with Crippen LogP contribution in [0.1, 0.15) is 10.4 Å². The minimum absolute atomic E-state index is 0.536. The van der Waals surface area contributed by atoms with E-state index in [1.807, 2.05) is 12.1 Å². The average molecular weight is 344 g/mol. The first-order valence-electron chi connectivity index (χ1n) is 6.22. The Morgan fingerprint density at radius 1 is 1.15 bits per heavy atom. The summed E-state index contributed by atoms with van der Waals surface area (Å²) in [7, 11) is 0. The summed E-state index contributed by atoms with van der Waals surface area (Å²) < 4.78 is 1.16. The van der Waals surface area contributed by atoms with Crippen molar-refractivity contribution in [3.05, 3.63) is 51.4 Å². The van der Waals surface area contributed by atoms with Crippen molar-refractivity contribution in [3.8, 4) is 21.8 Å². The summed E-state index contributed by atoms with van der Waals surface area (Å²) in [5.74, 6) is 0.536. The van der Waals surface area contributed by atoms with E-state index in [1.54, 1.807) is 17.5 Å². The van der Waals surface area contributed by atoms with Crippen molar-refractivity contribution in [3.63, 3.8) is 0 Å². The summed E-state index contributed by atoms with van der Waals surface area (Å²) in [4.78, 5) is 10.2. The van der Waals surface area contributed by atoms with E-state index in [2.05, 4.69) is 39.1 Å². The van der Waals surface area contributed by atoms with E-state index in [-0.39, 0.29) is 0 Å². The highest BCUT2D eigenvalue weighted by Crippen LogP contribution is 2.44. The predicted octanol–water partition coefficient (Wildman–Crippen LogP) is 4.12. The van der Waals surface area contributed by atoms with E-state index < -0.39 is 0 Å². The Labute approximate surface area is 128 Å². The van der Waals surface area contributed by atoms with Crippen LogP contribution < -0.4 is 5.73 Å². The van der Waals surface area contributed by atoms with Crippen LogP contribution >= 0.6 is 27.3 Å². The Morgan fingerprint density at radius 3 is 2.85 bits per heavy atom. The van der Waals surface area contributed by atoms with Gasteiger partial charge >= 0.3 is 0 Å². The van der Waals surface area contributed by atoms with Gasteiger partial charge in [-0.25, -0.2) is 9.97 Å². The number of pyridine rings is 1. The van der Waals surface area contributed by atoms with Gasteiger partial charge in [0.25, 0.3) is 0 Å². The number of fused-ring (bicyclic) bond motifs is 3. The van der Waals surface area contributed by atoms with Crippen molar-refractivity contribution in [2.24, 2.45) is 0 Å². The Kier molecular flexibility index (Phi) is 2.65. The highest BCUT2D eigenvalue weighted by molar-refractivity contribution is 9.10. The van der Waals surface area contributed by atoms with Crippen molar-refractivity contribution >= 4 is 33.1 Å². The van der Waals surface area contributed by atoms with Gasteiger partial charge in [0.15, 0.2) is 0 Å². The number of nitrogen functional groups attached to an aromatic ring is 1. The molecular formula is C15H10BrN3S. The number of rotatable bonds is 1. The molecule has 2 aromatic heterocycles. The maximum Gasteiger partial charge on any atom is 0.133 e. The normalized spacial score (nSPS) is 12.2. The monoisotopic (exact) mass is 343 g/mol. The van der Waals surface area contributed by atoms with Crippen LogP contribution in [0.2, 0.25) is 0 Å². The highest BCUT2D eigenvalue weighted by Gasteiger charge is 2.25. The molecule has 0 radical (unpaired) electrons. The van der Waals surface area contributed by atoms with Crippen molar-refractivity contribution in [2.45, 2.75) is 6.42 Å². The molecule has 1 aromatic carbocycles. The molecule has 0 spiro atoms. The van der Waals surface area contributed by atoms with Gasteiger partial charge in [-0.1, -0.05) is 28.1 Å². The maximum atomic E-state index is 5.94. The highest BCUT2D eigenvalue weighted by atomic mass is 79.9. The number of hydrogen-bond donors (Lipinski definition) is 1. The first kappa shape index (κ1) is 12.1. The van der Waals surface area contributed by atoms with E-state index in [0.717, 1.165) is 27.2 Å². The lowest BCUT2D eigenvalue weighted by Crippen LogP contribution is -1.92. The van der Waals surface area contributed by atoms with Crippen molar-refractivity contribution < 1.29 is 0 Å². The van der Waals surface area contributed by atoms with Crippen LogP contribution in [0.3, 0.4) is 0 Å². The summed E-state index contributed by atoms with van der Waals surface area (Å²) in [6, 6.07) is 10.1. The summed E-state index contributed by atoms with van der Waals surface area (Å²) >= 11 is 5.32. The third-order valence-corrected chi connectivity index (χ3v) is 5.31. The van der Waals surface area contributed by atoms with Gasteiger partial charge in [0.05, 0.1) is 11.3 Å². The Morgan fingerprint density at radius 2 is 2.00 bits per heavy atom. The van der Waals surface area contributed by atoms with Gasteiger partial charge in [0, 0.05) is 27.5 Å². The van der Waals surface area contributed by atoms with Gasteiger partial charge in [-0.3, -0.25) is 0 Å². The second kappa shape index (κ2) is 4.40. The van der Waals surface area contributed by atoms with Crippen molar-refractivity contribution in [1.29, 1.82) is 0 Å². The smallest absolute Gasteiger partial charge is 0.133 e. The van der Waals surface area contributed by atoms with Gasteiger partial charge in [-0.2, -0.15) is 0 Å². The van der Waals surface area contributed by atoms with Crippen molar-refractivity contribution in [1.82, 2.24) is 9.97 Å². The molecule has 0 fully saturated rings. The second-order valence-electron chi connectivity index (χ2n) is 4.67. The van der Waals surface area contributed by atoms with Crippen molar-refractivity contribution in [2.75, 3.05) is 5.73 Å². The average Bonchev–Trinajstić information content (AvgIpc) is 2.98. The molecule has 20 heavy (non-hydrogen) atoms. The second-order valence-corrected chi connectivity index (χ2v) is 6.61. The number of nitrogens with two attached hydrogens (primary N) is 1. The molecule has 3 aromatic rings. The fraction of sp³-hybridized carbons (Fsp3) is 0.0667.